The molecule has 3 heterocycles. The number of ether oxygens (including phenoxy) is 1. The molecule has 0 unspecified atom stereocenters. The highest BCUT2D eigenvalue weighted by atomic mass is 16.5. The van der Waals surface area contributed by atoms with Gasteiger partial charge in [0.25, 0.3) is 5.56 Å². The Morgan fingerprint density at radius 1 is 1.59 bits per heavy atom. The van der Waals surface area contributed by atoms with Crippen molar-refractivity contribution < 1.29 is 4.74 Å². The maximum absolute atomic E-state index is 12.2. The maximum atomic E-state index is 12.2. The minimum absolute atomic E-state index is 0.0951. The Kier molecular flexibility index (Phi) is 2.94. The van der Waals surface area contributed by atoms with Crippen LogP contribution in [0.5, 0.6) is 0 Å². The van der Waals surface area contributed by atoms with E-state index in [9.17, 15) is 4.79 Å². The SMILES string of the molecule is O=c1c2c(ncn1C[C@@H]1CCCO1)CCNC2. The van der Waals surface area contributed by atoms with Gasteiger partial charge in [-0.25, -0.2) is 4.98 Å². The number of nitrogens with zero attached hydrogens (tertiary/aromatic N) is 2. The molecule has 17 heavy (non-hydrogen) atoms. The lowest BCUT2D eigenvalue weighted by molar-refractivity contribution is 0.0957. The predicted octanol–water partition coefficient (Wildman–Crippen LogP) is 0.0680. The Hall–Kier alpha value is -1.20. The molecule has 2 aliphatic heterocycles. The topological polar surface area (TPSA) is 56.2 Å². The number of aromatic nitrogens is 2. The molecule has 0 spiro atoms. The number of nitrogens with one attached hydrogen (secondary N) is 1. The van der Waals surface area contributed by atoms with Crippen LogP contribution in [0.4, 0.5) is 0 Å². The van der Waals surface area contributed by atoms with Crippen LogP contribution in [0.1, 0.15) is 24.1 Å². The largest absolute Gasteiger partial charge is 0.376 e. The molecule has 1 saturated heterocycles. The van der Waals surface area contributed by atoms with E-state index in [2.05, 4.69) is 10.3 Å². The summed E-state index contributed by atoms with van der Waals surface area (Å²) in [5.41, 5.74) is 1.88. The first-order chi connectivity index (χ1) is 8.34. The molecule has 3 rings (SSSR count). The molecule has 1 N–H and O–H groups in total. The highest BCUT2D eigenvalue weighted by molar-refractivity contribution is 5.19. The second kappa shape index (κ2) is 4.58. The van der Waals surface area contributed by atoms with Gasteiger partial charge in [-0.2, -0.15) is 0 Å². The summed E-state index contributed by atoms with van der Waals surface area (Å²) in [5, 5.41) is 3.22. The molecule has 1 fully saturated rings. The van der Waals surface area contributed by atoms with E-state index >= 15 is 0 Å². The van der Waals surface area contributed by atoms with Crippen LogP contribution < -0.4 is 10.9 Å². The fourth-order valence-corrected chi connectivity index (χ4v) is 2.52. The van der Waals surface area contributed by atoms with Crippen LogP contribution in [0.25, 0.3) is 0 Å². The van der Waals surface area contributed by atoms with Crippen LogP contribution in [0.2, 0.25) is 0 Å². The van der Waals surface area contributed by atoms with Crippen LogP contribution in [0, 0.1) is 0 Å². The van der Waals surface area contributed by atoms with Gasteiger partial charge in [-0.3, -0.25) is 9.36 Å². The van der Waals surface area contributed by atoms with Gasteiger partial charge in [0, 0.05) is 26.1 Å². The predicted molar refractivity (Wildman–Crippen MR) is 62.9 cm³/mol. The standard InChI is InChI=1S/C12H17N3O2/c16-12-10-6-13-4-3-11(10)14-8-15(12)7-9-2-1-5-17-9/h8-9,13H,1-7H2/t9-/m0/s1. The molecule has 0 aromatic carbocycles. The van der Waals surface area contributed by atoms with E-state index in [0.29, 0.717) is 13.1 Å². The average molecular weight is 235 g/mol. The van der Waals surface area contributed by atoms with Crippen molar-refractivity contribution in [1.82, 2.24) is 14.9 Å². The van der Waals surface area contributed by atoms with Gasteiger partial charge in [-0.15, -0.1) is 0 Å². The zero-order valence-electron chi connectivity index (χ0n) is 9.82. The average Bonchev–Trinajstić information content (AvgIpc) is 2.86. The smallest absolute Gasteiger partial charge is 0.258 e. The van der Waals surface area contributed by atoms with Crippen molar-refractivity contribution in [2.75, 3.05) is 13.2 Å². The van der Waals surface area contributed by atoms with Crippen molar-refractivity contribution in [2.45, 2.75) is 38.5 Å². The zero-order chi connectivity index (χ0) is 11.7. The molecule has 1 aromatic rings. The van der Waals surface area contributed by atoms with Crippen molar-refractivity contribution in [3.8, 4) is 0 Å². The molecule has 0 saturated carbocycles. The number of fused-ring (bicyclic) bond motifs is 1. The summed E-state index contributed by atoms with van der Waals surface area (Å²) in [4.78, 5) is 16.6. The number of hydrogen-bond acceptors (Lipinski definition) is 4. The number of rotatable bonds is 2. The molecule has 5 heteroatoms. The summed E-state index contributed by atoms with van der Waals surface area (Å²) >= 11 is 0. The van der Waals surface area contributed by atoms with Crippen LogP contribution >= 0.6 is 0 Å². The Balaban J connectivity index is 1.87. The molecule has 0 radical (unpaired) electrons. The van der Waals surface area contributed by atoms with Gasteiger partial charge in [0.15, 0.2) is 0 Å². The third kappa shape index (κ3) is 2.12. The third-order valence-corrected chi connectivity index (χ3v) is 3.49. The van der Waals surface area contributed by atoms with Gasteiger partial charge in [0.05, 0.1) is 30.2 Å². The second-order valence-electron chi connectivity index (χ2n) is 4.69. The van der Waals surface area contributed by atoms with Crippen molar-refractivity contribution in [1.29, 1.82) is 0 Å². The van der Waals surface area contributed by atoms with Crippen molar-refractivity contribution in [3.63, 3.8) is 0 Å². The molecule has 5 nitrogen and oxygen atoms in total. The van der Waals surface area contributed by atoms with Crippen LogP contribution in [0.3, 0.4) is 0 Å². The van der Waals surface area contributed by atoms with Gasteiger partial charge in [0.1, 0.15) is 0 Å². The molecular formula is C12H17N3O2. The van der Waals surface area contributed by atoms with Gasteiger partial charge in [-0.1, -0.05) is 0 Å². The van der Waals surface area contributed by atoms with E-state index in [4.69, 9.17) is 4.74 Å². The Morgan fingerprint density at radius 3 is 3.35 bits per heavy atom. The van der Waals surface area contributed by atoms with Crippen LogP contribution in [-0.4, -0.2) is 28.8 Å². The lowest BCUT2D eigenvalue weighted by Gasteiger charge is -2.18. The van der Waals surface area contributed by atoms with E-state index in [-0.39, 0.29) is 11.7 Å². The first kappa shape index (κ1) is 10.9. The van der Waals surface area contributed by atoms with Gasteiger partial charge >= 0.3 is 0 Å². The Morgan fingerprint density at radius 2 is 2.53 bits per heavy atom. The quantitative estimate of drug-likeness (QED) is 0.788. The summed E-state index contributed by atoms with van der Waals surface area (Å²) in [6, 6.07) is 0. The minimum Gasteiger partial charge on any atom is -0.376 e. The Labute approximate surface area is 99.8 Å². The summed E-state index contributed by atoms with van der Waals surface area (Å²) in [6.45, 7) is 3.02. The van der Waals surface area contributed by atoms with Crippen molar-refractivity contribution in [2.24, 2.45) is 0 Å². The van der Waals surface area contributed by atoms with Crippen LogP contribution in [0.15, 0.2) is 11.1 Å². The van der Waals surface area contributed by atoms with E-state index < -0.39 is 0 Å². The highest BCUT2D eigenvalue weighted by Crippen LogP contribution is 2.13. The number of hydrogen-bond donors (Lipinski definition) is 1. The molecule has 92 valence electrons. The summed E-state index contributed by atoms with van der Waals surface area (Å²) < 4.78 is 7.25. The zero-order valence-corrected chi connectivity index (χ0v) is 9.82. The highest BCUT2D eigenvalue weighted by Gasteiger charge is 2.19. The first-order valence-corrected chi connectivity index (χ1v) is 6.24. The van der Waals surface area contributed by atoms with Crippen LogP contribution in [-0.2, 0) is 24.2 Å². The fraction of sp³-hybridized carbons (Fsp3) is 0.667. The minimum atomic E-state index is 0.0951. The first-order valence-electron chi connectivity index (χ1n) is 6.24. The molecule has 2 aliphatic rings. The monoisotopic (exact) mass is 235 g/mol. The normalized spacial score (nSPS) is 23.6. The lowest BCUT2D eigenvalue weighted by Crippen LogP contribution is -2.36. The van der Waals surface area contributed by atoms with Crippen molar-refractivity contribution in [3.05, 3.63) is 27.9 Å². The van der Waals surface area contributed by atoms with E-state index in [0.717, 1.165) is 43.7 Å². The van der Waals surface area contributed by atoms with E-state index in [1.54, 1.807) is 10.9 Å². The molecule has 0 amide bonds. The van der Waals surface area contributed by atoms with Gasteiger partial charge in [-0.05, 0) is 12.8 Å². The van der Waals surface area contributed by atoms with E-state index in [1.807, 2.05) is 0 Å². The summed E-state index contributed by atoms with van der Waals surface area (Å²) in [6.07, 6.45) is 4.85. The van der Waals surface area contributed by atoms with Gasteiger partial charge in [0.2, 0.25) is 0 Å². The maximum Gasteiger partial charge on any atom is 0.258 e. The lowest BCUT2D eigenvalue weighted by atomic mass is 10.1. The summed E-state index contributed by atoms with van der Waals surface area (Å²) in [7, 11) is 0. The molecule has 0 aliphatic carbocycles. The van der Waals surface area contributed by atoms with Gasteiger partial charge < -0.3 is 10.1 Å². The molecular weight excluding hydrogens is 218 g/mol. The second-order valence-corrected chi connectivity index (χ2v) is 4.69. The molecule has 1 aromatic heterocycles. The molecule has 1 atom stereocenters. The Bertz CT molecular complexity index is 463. The molecule has 0 bridgehead atoms. The van der Waals surface area contributed by atoms with Crippen molar-refractivity contribution >= 4 is 0 Å². The third-order valence-electron chi connectivity index (χ3n) is 3.49. The summed E-state index contributed by atoms with van der Waals surface area (Å²) in [5.74, 6) is 0. The van der Waals surface area contributed by atoms with E-state index in [1.165, 1.54) is 0 Å². The fourth-order valence-electron chi connectivity index (χ4n) is 2.52.